The number of carbonyl (C=O) groups excluding carboxylic acids is 1. The molecular weight excluding hydrogens is 332 g/mol. The van der Waals surface area contributed by atoms with E-state index in [0.29, 0.717) is 18.1 Å². The first-order chi connectivity index (χ1) is 11.8. The lowest BCUT2D eigenvalue weighted by atomic mass is 9.81. The topological polar surface area (TPSA) is 32.3 Å². The van der Waals surface area contributed by atoms with Crippen molar-refractivity contribution >= 4 is 18.2 Å². The number of ketones is 1. The summed E-state index contributed by atoms with van der Waals surface area (Å²) >= 11 is 0. The van der Waals surface area contributed by atoms with Crippen molar-refractivity contribution in [2.75, 3.05) is 13.2 Å². The molecule has 1 unspecified atom stereocenters. The maximum Gasteiger partial charge on any atom is 0.162 e. The quantitative estimate of drug-likeness (QED) is 0.908. The van der Waals surface area contributed by atoms with Crippen LogP contribution in [0.5, 0.6) is 0 Å². The Kier molecular flexibility index (Phi) is 5.57. The van der Waals surface area contributed by atoms with E-state index >= 15 is 0 Å². The van der Waals surface area contributed by atoms with Crippen LogP contribution in [0.1, 0.15) is 29.9 Å². The van der Waals surface area contributed by atoms with Gasteiger partial charge in [-0.3, -0.25) is 9.69 Å². The number of Topliss-reactive ketones (excluding diaryl/α,β-unsaturated/α-hetero) is 1. The molecule has 25 heavy (non-hydrogen) atoms. The molecule has 0 radical (unpaired) electrons. The molecule has 130 valence electrons. The summed E-state index contributed by atoms with van der Waals surface area (Å²) in [6.07, 6.45) is 1.58. The highest BCUT2D eigenvalue weighted by Crippen LogP contribution is 2.35. The smallest absolute Gasteiger partial charge is 0.162 e. The Hall–Kier alpha value is -2.10. The molecule has 3 nitrogen and oxygen atoms in total. The standard InChI is InChI=1S/C21H22N2O.ClH/c24-21-12-18(17-9-5-2-6-10-17)11-20-19(21)14-23(15-22-20)13-16-7-3-1-4-8-16;/h1-10,18,22H,11-15H2;1H. The van der Waals surface area contributed by atoms with Crippen LogP contribution in [0.4, 0.5) is 0 Å². The Bertz CT molecular complexity index is 758. The maximum atomic E-state index is 12.7. The predicted octanol–water partition coefficient (Wildman–Crippen LogP) is 3.87. The summed E-state index contributed by atoms with van der Waals surface area (Å²) in [4.78, 5) is 15.0. The molecule has 0 amide bonds. The van der Waals surface area contributed by atoms with Crippen molar-refractivity contribution in [1.29, 1.82) is 0 Å². The lowest BCUT2D eigenvalue weighted by Gasteiger charge is -2.36. The van der Waals surface area contributed by atoms with E-state index < -0.39 is 0 Å². The molecule has 2 aliphatic rings. The fourth-order valence-corrected chi connectivity index (χ4v) is 3.72. The van der Waals surface area contributed by atoms with E-state index in [1.54, 1.807) is 0 Å². The zero-order valence-corrected chi connectivity index (χ0v) is 15.0. The van der Waals surface area contributed by atoms with Gasteiger partial charge in [-0.05, 0) is 23.5 Å². The third-order valence-corrected chi connectivity index (χ3v) is 5.00. The van der Waals surface area contributed by atoms with Crippen molar-refractivity contribution < 1.29 is 4.79 Å². The molecule has 1 aliphatic heterocycles. The van der Waals surface area contributed by atoms with E-state index in [0.717, 1.165) is 37.4 Å². The zero-order valence-electron chi connectivity index (χ0n) is 14.2. The van der Waals surface area contributed by atoms with E-state index in [9.17, 15) is 4.79 Å². The number of nitrogens with zero attached hydrogens (tertiary/aromatic N) is 1. The first-order valence-electron chi connectivity index (χ1n) is 8.60. The molecule has 0 fully saturated rings. The van der Waals surface area contributed by atoms with Crippen LogP contribution in [0, 0.1) is 0 Å². The number of carbonyl (C=O) groups is 1. The highest BCUT2D eigenvalue weighted by molar-refractivity contribution is 5.98. The predicted molar refractivity (Wildman–Crippen MR) is 103 cm³/mol. The third-order valence-electron chi connectivity index (χ3n) is 5.00. The molecule has 0 aromatic heterocycles. The second-order valence-electron chi connectivity index (χ2n) is 6.70. The highest BCUT2D eigenvalue weighted by atomic mass is 35.5. The summed E-state index contributed by atoms with van der Waals surface area (Å²) in [6.45, 7) is 2.44. The minimum atomic E-state index is 0. The van der Waals surface area contributed by atoms with Crippen molar-refractivity contribution in [1.82, 2.24) is 10.2 Å². The molecule has 4 rings (SSSR count). The van der Waals surface area contributed by atoms with E-state index in [-0.39, 0.29) is 12.4 Å². The van der Waals surface area contributed by atoms with Gasteiger partial charge in [-0.2, -0.15) is 0 Å². The van der Waals surface area contributed by atoms with Gasteiger partial charge < -0.3 is 5.32 Å². The number of hydrogen-bond acceptors (Lipinski definition) is 3. The van der Waals surface area contributed by atoms with Crippen molar-refractivity contribution in [3.8, 4) is 0 Å². The Labute approximate surface area is 155 Å². The van der Waals surface area contributed by atoms with Crippen LogP contribution in [-0.2, 0) is 11.3 Å². The first-order valence-corrected chi connectivity index (χ1v) is 8.60. The summed E-state index contributed by atoms with van der Waals surface area (Å²) in [5.74, 6) is 0.612. The van der Waals surface area contributed by atoms with Crippen LogP contribution in [0.2, 0.25) is 0 Å². The van der Waals surface area contributed by atoms with Crippen LogP contribution in [0.3, 0.4) is 0 Å². The van der Waals surface area contributed by atoms with Gasteiger partial charge in [-0.25, -0.2) is 0 Å². The minimum Gasteiger partial charge on any atom is -0.375 e. The number of allylic oxidation sites excluding steroid dienone is 1. The van der Waals surface area contributed by atoms with Gasteiger partial charge in [-0.1, -0.05) is 60.7 Å². The molecular formula is C21H23ClN2O. The fourth-order valence-electron chi connectivity index (χ4n) is 3.72. The summed E-state index contributed by atoms with van der Waals surface area (Å²) in [7, 11) is 0. The summed E-state index contributed by atoms with van der Waals surface area (Å²) < 4.78 is 0. The molecule has 2 aromatic carbocycles. The minimum absolute atomic E-state index is 0. The molecule has 0 spiro atoms. The van der Waals surface area contributed by atoms with Crippen LogP contribution in [-0.4, -0.2) is 23.9 Å². The summed E-state index contributed by atoms with van der Waals surface area (Å²) in [5.41, 5.74) is 4.70. The van der Waals surface area contributed by atoms with Gasteiger partial charge in [0, 0.05) is 30.8 Å². The fraction of sp³-hybridized carbons (Fsp3) is 0.286. The van der Waals surface area contributed by atoms with Gasteiger partial charge in [0.05, 0.1) is 6.67 Å². The molecule has 1 aliphatic carbocycles. The zero-order chi connectivity index (χ0) is 16.4. The average molecular weight is 355 g/mol. The third kappa shape index (κ3) is 3.94. The number of halogens is 1. The Balaban J connectivity index is 0.00000182. The van der Waals surface area contributed by atoms with Crippen LogP contribution >= 0.6 is 12.4 Å². The van der Waals surface area contributed by atoms with E-state index in [4.69, 9.17) is 0 Å². The molecule has 0 saturated carbocycles. The van der Waals surface area contributed by atoms with E-state index in [1.165, 1.54) is 11.1 Å². The Morgan fingerprint density at radius 3 is 2.36 bits per heavy atom. The highest BCUT2D eigenvalue weighted by Gasteiger charge is 2.31. The van der Waals surface area contributed by atoms with Crippen molar-refractivity contribution in [3.63, 3.8) is 0 Å². The molecule has 1 atom stereocenters. The first kappa shape index (κ1) is 17.7. The number of rotatable bonds is 3. The lowest BCUT2D eigenvalue weighted by molar-refractivity contribution is -0.117. The van der Waals surface area contributed by atoms with Crippen molar-refractivity contribution in [3.05, 3.63) is 83.1 Å². The average Bonchev–Trinajstić information content (AvgIpc) is 2.64. The number of nitrogens with one attached hydrogen (secondary N) is 1. The molecule has 1 heterocycles. The second-order valence-corrected chi connectivity index (χ2v) is 6.70. The monoisotopic (exact) mass is 354 g/mol. The van der Waals surface area contributed by atoms with Gasteiger partial charge in [-0.15, -0.1) is 12.4 Å². The van der Waals surface area contributed by atoms with Crippen molar-refractivity contribution in [2.45, 2.75) is 25.3 Å². The Morgan fingerprint density at radius 1 is 0.960 bits per heavy atom. The molecule has 4 heteroatoms. The summed E-state index contributed by atoms with van der Waals surface area (Å²) in [5, 5.41) is 3.51. The van der Waals surface area contributed by atoms with Crippen LogP contribution < -0.4 is 5.32 Å². The van der Waals surface area contributed by atoms with Gasteiger partial charge >= 0.3 is 0 Å². The van der Waals surface area contributed by atoms with Crippen LogP contribution in [0.25, 0.3) is 0 Å². The molecule has 2 aromatic rings. The van der Waals surface area contributed by atoms with Crippen molar-refractivity contribution in [2.24, 2.45) is 0 Å². The lowest BCUT2D eigenvalue weighted by Crippen LogP contribution is -2.44. The van der Waals surface area contributed by atoms with E-state index in [2.05, 4.69) is 58.7 Å². The Morgan fingerprint density at radius 2 is 1.64 bits per heavy atom. The molecule has 0 bridgehead atoms. The SMILES string of the molecule is Cl.O=C1CC(c2ccccc2)CC2=C1CN(Cc1ccccc1)CN2. The van der Waals surface area contributed by atoms with Gasteiger partial charge in [0.2, 0.25) is 0 Å². The molecule has 1 N–H and O–H groups in total. The van der Waals surface area contributed by atoms with Gasteiger partial charge in [0.15, 0.2) is 5.78 Å². The van der Waals surface area contributed by atoms with E-state index in [1.807, 2.05) is 12.1 Å². The van der Waals surface area contributed by atoms with Gasteiger partial charge in [0.1, 0.15) is 0 Å². The number of benzene rings is 2. The second kappa shape index (κ2) is 7.85. The van der Waals surface area contributed by atoms with Crippen LogP contribution in [0.15, 0.2) is 71.9 Å². The maximum absolute atomic E-state index is 12.7. The molecule has 0 saturated heterocycles. The number of hydrogen-bond donors (Lipinski definition) is 1. The largest absolute Gasteiger partial charge is 0.375 e. The summed E-state index contributed by atoms with van der Waals surface area (Å²) in [6, 6.07) is 20.8. The van der Waals surface area contributed by atoms with Gasteiger partial charge in [0.25, 0.3) is 0 Å². The normalized spacial score (nSPS) is 20.5.